The minimum absolute atomic E-state index is 0.0102. The number of piperidine rings is 1. The molecule has 1 aliphatic rings. The van der Waals surface area contributed by atoms with E-state index in [1.807, 2.05) is 66.7 Å². The third kappa shape index (κ3) is 6.29. The van der Waals surface area contributed by atoms with Crippen molar-refractivity contribution in [3.63, 3.8) is 0 Å². The zero-order chi connectivity index (χ0) is 26.5. The highest BCUT2D eigenvalue weighted by atomic mass is 16.5. The Labute approximate surface area is 223 Å². The number of rotatable bonds is 7. The summed E-state index contributed by atoms with van der Waals surface area (Å²) < 4.78 is 11.6. The Morgan fingerprint density at radius 1 is 1.03 bits per heavy atom. The lowest BCUT2D eigenvalue weighted by atomic mass is 9.87. The Morgan fingerprint density at radius 2 is 1.76 bits per heavy atom. The van der Waals surface area contributed by atoms with Crippen molar-refractivity contribution in [1.29, 1.82) is 0 Å². The number of hydrogen-bond donors (Lipinski definition) is 1. The third-order valence-electron chi connectivity index (χ3n) is 6.83. The van der Waals surface area contributed by atoms with Crippen molar-refractivity contribution in [3.8, 4) is 22.9 Å². The number of aromatic nitrogens is 2. The van der Waals surface area contributed by atoms with Gasteiger partial charge in [-0.05, 0) is 54.6 Å². The molecule has 0 radical (unpaired) electrons. The summed E-state index contributed by atoms with van der Waals surface area (Å²) in [6.45, 7) is 8.61. The van der Waals surface area contributed by atoms with E-state index in [9.17, 15) is 4.79 Å². The number of anilines is 1. The first-order valence-electron chi connectivity index (χ1n) is 13.1. The van der Waals surface area contributed by atoms with Crippen LogP contribution < -0.4 is 10.1 Å². The second-order valence-electron chi connectivity index (χ2n) is 10.8. The number of carbonyl (C=O) groups excluding carboxylic acids is 1. The second kappa shape index (κ2) is 11.2. The van der Waals surface area contributed by atoms with Crippen LogP contribution in [0.1, 0.15) is 45.1 Å². The van der Waals surface area contributed by atoms with Crippen LogP contribution >= 0.6 is 0 Å². The predicted molar refractivity (Wildman–Crippen MR) is 148 cm³/mol. The average Bonchev–Trinajstić information content (AvgIpc) is 3.38. The highest BCUT2D eigenvalue weighted by molar-refractivity contribution is 5.94. The molecule has 7 heteroatoms. The van der Waals surface area contributed by atoms with E-state index in [0.29, 0.717) is 36.2 Å². The summed E-state index contributed by atoms with van der Waals surface area (Å²) in [5.74, 6) is 2.34. The molecule has 1 unspecified atom stereocenters. The normalized spacial score (nSPS) is 16.2. The number of likely N-dealkylation sites (tertiary alicyclic amines) is 1. The molecule has 196 valence electrons. The van der Waals surface area contributed by atoms with Crippen molar-refractivity contribution >= 4 is 11.6 Å². The zero-order valence-electron chi connectivity index (χ0n) is 22.2. The lowest BCUT2D eigenvalue weighted by Gasteiger charge is -2.31. The van der Waals surface area contributed by atoms with Crippen LogP contribution in [0.25, 0.3) is 11.4 Å². The van der Waals surface area contributed by atoms with Crippen LogP contribution in [-0.4, -0.2) is 34.0 Å². The quantitative estimate of drug-likeness (QED) is 0.299. The fourth-order valence-electron chi connectivity index (χ4n) is 4.67. The lowest BCUT2D eigenvalue weighted by molar-refractivity contribution is -0.121. The Balaban J connectivity index is 1.20. The third-order valence-corrected chi connectivity index (χ3v) is 6.83. The summed E-state index contributed by atoms with van der Waals surface area (Å²) >= 11 is 0. The molecule has 0 saturated carbocycles. The lowest BCUT2D eigenvalue weighted by Crippen LogP contribution is -2.40. The number of benzene rings is 3. The van der Waals surface area contributed by atoms with Crippen molar-refractivity contribution < 1.29 is 14.1 Å². The molecule has 0 spiro atoms. The molecule has 38 heavy (non-hydrogen) atoms. The van der Waals surface area contributed by atoms with Gasteiger partial charge in [0.25, 0.3) is 0 Å². The molecule has 1 saturated heterocycles. The van der Waals surface area contributed by atoms with Crippen molar-refractivity contribution in [2.75, 3.05) is 18.4 Å². The first-order valence-corrected chi connectivity index (χ1v) is 13.1. The Hall–Kier alpha value is -3.97. The van der Waals surface area contributed by atoms with Crippen LogP contribution in [0.3, 0.4) is 0 Å². The van der Waals surface area contributed by atoms with Gasteiger partial charge in [-0.15, -0.1) is 0 Å². The SMILES string of the molecule is CC(C)(C)c1ccc(-c2noc(CN3CCCC(C(=O)Nc4ccccc4Oc4ccccc4)C3)n2)cc1. The van der Waals surface area contributed by atoms with E-state index in [2.05, 4.69) is 53.3 Å². The van der Waals surface area contributed by atoms with E-state index in [0.717, 1.165) is 30.7 Å². The molecule has 5 rings (SSSR count). The van der Waals surface area contributed by atoms with Gasteiger partial charge < -0.3 is 14.6 Å². The van der Waals surface area contributed by atoms with Crippen LogP contribution in [0, 0.1) is 5.92 Å². The van der Waals surface area contributed by atoms with E-state index in [4.69, 9.17) is 9.26 Å². The number of amides is 1. The minimum atomic E-state index is -0.138. The smallest absolute Gasteiger partial charge is 0.241 e. The average molecular weight is 511 g/mol. The van der Waals surface area contributed by atoms with E-state index in [1.165, 1.54) is 5.56 Å². The largest absolute Gasteiger partial charge is 0.455 e. The Morgan fingerprint density at radius 3 is 2.53 bits per heavy atom. The Kier molecular flexibility index (Phi) is 7.56. The Bertz CT molecular complexity index is 1360. The van der Waals surface area contributed by atoms with Gasteiger partial charge >= 0.3 is 0 Å². The summed E-state index contributed by atoms with van der Waals surface area (Å²) in [6, 6.07) is 25.4. The highest BCUT2D eigenvalue weighted by Gasteiger charge is 2.27. The second-order valence-corrected chi connectivity index (χ2v) is 10.8. The van der Waals surface area contributed by atoms with E-state index < -0.39 is 0 Å². The summed E-state index contributed by atoms with van der Waals surface area (Å²) in [5, 5.41) is 7.28. The minimum Gasteiger partial charge on any atom is -0.455 e. The number of nitrogens with one attached hydrogen (secondary N) is 1. The van der Waals surface area contributed by atoms with Gasteiger partial charge in [0.15, 0.2) is 5.75 Å². The molecule has 1 amide bonds. The van der Waals surface area contributed by atoms with Crippen LogP contribution in [0.2, 0.25) is 0 Å². The molecule has 1 aliphatic heterocycles. The first kappa shape index (κ1) is 25.7. The van der Waals surface area contributed by atoms with Crippen molar-refractivity contribution in [2.24, 2.45) is 5.92 Å². The maximum Gasteiger partial charge on any atom is 0.241 e. The number of nitrogens with zero attached hydrogens (tertiary/aromatic N) is 3. The summed E-state index contributed by atoms with van der Waals surface area (Å²) in [6.07, 6.45) is 1.76. The predicted octanol–water partition coefficient (Wildman–Crippen LogP) is 6.68. The molecule has 1 aromatic heterocycles. The summed E-state index contributed by atoms with van der Waals surface area (Å²) in [5.41, 5.74) is 2.95. The molecule has 4 aromatic rings. The van der Waals surface area contributed by atoms with Gasteiger partial charge in [0.1, 0.15) is 5.75 Å². The van der Waals surface area contributed by atoms with Gasteiger partial charge in [-0.25, -0.2) is 0 Å². The van der Waals surface area contributed by atoms with Crippen molar-refractivity contribution in [3.05, 3.63) is 90.3 Å². The standard InChI is InChI=1S/C31H34N4O3/c1-31(2,3)24-17-15-22(16-18-24)29-33-28(38-34-29)21-35-19-9-10-23(20-35)30(36)32-26-13-7-8-14-27(26)37-25-11-5-4-6-12-25/h4-8,11-18,23H,9-10,19-21H2,1-3H3,(H,32,36). The first-order chi connectivity index (χ1) is 18.3. The van der Waals surface area contributed by atoms with Crippen LogP contribution in [0.15, 0.2) is 83.4 Å². The molecule has 2 heterocycles. The fourth-order valence-corrected chi connectivity index (χ4v) is 4.67. The van der Waals surface area contributed by atoms with Crippen molar-refractivity contribution in [2.45, 2.75) is 45.6 Å². The van der Waals surface area contributed by atoms with Gasteiger partial charge in [-0.2, -0.15) is 4.98 Å². The zero-order valence-corrected chi connectivity index (χ0v) is 22.2. The van der Waals surface area contributed by atoms with E-state index in [-0.39, 0.29) is 17.2 Å². The molecular formula is C31H34N4O3. The number of hydrogen-bond acceptors (Lipinski definition) is 6. The molecule has 3 aromatic carbocycles. The summed E-state index contributed by atoms with van der Waals surface area (Å²) in [4.78, 5) is 20.0. The number of carbonyl (C=O) groups is 1. The highest BCUT2D eigenvalue weighted by Crippen LogP contribution is 2.30. The monoisotopic (exact) mass is 510 g/mol. The van der Waals surface area contributed by atoms with Gasteiger partial charge in [-0.3, -0.25) is 9.69 Å². The molecule has 0 aliphatic carbocycles. The molecule has 7 nitrogen and oxygen atoms in total. The molecular weight excluding hydrogens is 476 g/mol. The number of ether oxygens (including phenoxy) is 1. The van der Waals surface area contributed by atoms with E-state index in [1.54, 1.807) is 0 Å². The van der Waals surface area contributed by atoms with Crippen LogP contribution in [-0.2, 0) is 16.8 Å². The van der Waals surface area contributed by atoms with E-state index >= 15 is 0 Å². The van der Waals surface area contributed by atoms with Gasteiger partial charge in [-0.1, -0.05) is 80.5 Å². The van der Waals surface area contributed by atoms with Gasteiger partial charge in [0.2, 0.25) is 17.6 Å². The molecule has 0 bridgehead atoms. The van der Waals surface area contributed by atoms with Gasteiger partial charge in [0, 0.05) is 12.1 Å². The summed E-state index contributed by atoms with van der Waals surface area (Å²) in [7, 11) is 0. The number of para-hydroxylation sites is 3. The maximum absolute atomic E-state index is 13.2. The maximum atomic E-state index is 13.2. The molecule has 1 N–H and O–H groups in total. The van der Waals surface area contributed by atoms with Crippen LogP contribution in [0.5, 0.6) is 11.5 Å². The fraction of sp³-hybridized carbons (Fsp3) is 0.323. The molecule has 1 atom stereocenters. The molecule has 1 fully saturated rings. The topological polar surface area (TPSA) is 80.5 Å². The van der Waals surface area contributed by atoms with Crippen molar-refractivity contribution in [1.82, 2.24) is 15.0 Å². The van der Waals surface area contributed by atoms with Crippen LogP contribution in [0.4, 0.5) is 5.69 Å². The van der Waals surface area contributed by atoms with Gasteiger partial charge in [0.05, 0.1) is 18.2 Å².